The number of nitrogens with one attached hydrogen (secondary N) is 1. The highest BCUT2D eigenvalue weighted by Crippen LogP contribution is 2.47. The molecule has 1 heterocycles. The minimum Gasteiger partial charge on any atom is -0.454 e. The number of ether oxygens (including phenoxy) is 2. The molecule has 0 spiro atoms. The zero-order valence-electron chi connectivity index (χ0n) is 13.3. The molecule has 1 aliphatic heterocycles. The van der Waals surface area contributed by atoms with Crippen LogP contribution in [0.4, 0.5) is 5.69 Å². The van der Waals surface area contributed by atoms with E-state index in [0.717, 1.165) is 30.0 Å². The van der Waals surface area contributed by atoms with Crippen molar-refractivity contribution in [2.75, 3.05) is 12.1 Å². The minimum atomic E-state index is 0.276. The molecule has 3 rings (SSSR count). The molecule has 1 aromatic carbocycles. The van der Waals surface area contributed by atoms with Gasteiger partial charge < -0.3 is 14.8 Å². The summed E-state index contributed by atoms with van der Waals surface area (Å²) in [6.07, 6.45) is 3.56. The topological polar surface area (TPSA) is 30.5 Å². The third-order valence-electron chi connectivity index (χ3n) is 4.38. The van der Waals surface area contributed by atoms with Gasteiger partial charge in [0, 0.05) is 18.2 Å². The highest BCUT2D eigenvalue weighted by atomic mass is 35.5. The zero-order valence-corrected chi connectivity index (χ0v) is 14.0. The summed E-state index contributed by atoms with van der Waals surface area (Å²) in [6, 6.07) is 4.23. The number of hydrogen-bond acceptors (Lipinski definition) is 3. The van der Waals surface area contributed by atoms with Gasteiger partial charge in [0.25, 0.3) is 0 Å². The summed E-state index contributed by atoms with van der Waals surface area (Å²) in [7, 11) is 0. The maximum absolute atomic E-state index is 6.37. The fraction of sp³-hybridized carbons (Fsp3) is 0.647. The van der Waals surface area contributed by atoms with Crippen molar-refractivity contribution in [2.45, 2.75) is 53.0 Å². The van der Waals surface area contributed by atoms with E-state index in [2.05, 4.69) is 33.0 Å². The number of anilines is 1. The largest absolute Gasteiger partial charge is 0.454 e. The summed E-state index contributed by atoms with van der Waals surface area (Å²) in [5.74, 6) is 1.51. The maximum atomic E-state index is 6.37. The first-order chi connectivity index (χ1) is 9.74. The van der Waals surface area contributed by atoms with E-state index in [1.54, 1.807) is 0 Å². The monoisotopic (exact) mass is 309 g/mol. The minimum absolute atomic E-state index is 0.276. The van der Waals surface area contributed by atoms with E-state index in [1.165, 1.54) is 6.42 Å². The lowest BCUT2D eigenvalue weighted by Gasteiger charge is -2.45. The maximum Gasteiger partial charge on any atom is 0.231 e. The fourth-order valence-corrected chi connectivity index (χ4v) is 4.40. The molecule has 1 saturated carbocycles. The molecule has 0 radical (unpaired) electrons. The summed E-state index contributed by atoms with van der Waals surface area (Å²) in [6.45, 7) is 9.68. The molecule has 1 N–H and O–H groups in total. The van der Waals surface area contributed by atoms with Crippen molar-refractivity contribution in [3.63, 3.8) is 0 Å². The van der Waals surface area contributed by atoms with Gasteiger partial charge in [0.15, 0.2) is 11.5 Å². The fourth-order valence-electron chi connectivity index (χ4n) is 4.20. The first-order valence-corrected chi connectivity index (χ1v) is 7.98. The molecule has 0 bridgehead atoms. The third kappa shape index (κ3) is 3.23. The van der Waals surface area contributed by atoms with E-state index < -0.39 is 0 Å². The molecular formula is C17H24ClNO2. The molecule has 1 aliphatic carbocycles. The van der Waals surface area contributed by atoms with Crippen LogP contribution in [0.15, 0.2) is 12.1 Å². The first kappa shape index (κ1) is 14.8. The highest BCUT2D eigenvalue weighted by Gasteiger charge is 2.38. The Kier molecular flexibility index (Phi) is 3.52. The summed E-state index contributed by atoms with van der Waals surface area (Å²) >= 11 is 6.37. The van der Waals surface area contributed by atoms with Crippen LogP contribution in [0, 0.1) is 10.8 Å². The number of halogens is 1. The van der Waals surface area contributed by atoms with Crippen molar-refractivity contribution < 1.29 is 9.47 Å². The van der Waals surface area contributed by atoms with Crippen LogP contribution in [-0.2, 0) is 0 Å². The Hall–Kier alpha value is -1.09. The van der Waals surface area contributed by atoms with E-state index in [1.807, 2.05) is 12.1 Å². The summed E-state index contributed by atoms with van der Waals surface area (Å²) in [5.41, 5.74) is 1.64. The predicted molar refractivity (Wildman–Crippen MR) is 86.4 cm³/mol. The molecule has 1 aromatic rings. The molecular weight excluding hydrogens is 286 g/mol. The Bertz CT molecular complexity index is 538. The molecule has 1 fully saturated rings. The van der Waals surface area contributed by atoms with Crippen LogP contribution in [-0.4, -0.2) is 12.8 Å². The first-order valence-electron chi connectivity index (χ1n) is 7.60. The second kappa shape index (κ2) is 4.98. The average Bonchev–Trinajstić information content (AvgIpc) is 2.72. The molecule has 4 heteroatoms. The second-order valence-corrected chi connectivity index (χ2v) is 8.35. The lowest BCUT2D eigenvalue weighted by atomic mass is 9.63. The van der Waals surface area contributed by atoms with Crippen molar-refractivity contribution in [1.82, 2.24) is 0 Å². The number of rotatable bonds is 2. The summed E-state index contributed by atoms with van der Waals surface area (Å²) in [5, 5.41) is 4.32. The zero-order chi connectivity index (χ0) is 15.3. The number of benzene rings is 1. The van der Waals surface area contributed by atoms with Gasteiger partial charge in [-0.25, -0.2) is 0 Å². The number of hydrogen-bond donors (Lipinski definition) is 1. The highest BCUT2D eigenvalue weighted by molar-refractivity contribution is 6.33. The van der Waals surface area contributed by atoms with Gasteiger partial charge in [-0.2, -0.15) is 0 Å². The van der Waals surface area contributed by atoms with E-state index in [4.69, 9.17) is 21.1 Å². The molecule has 0 unspecified atom stereocenters. The molecule has 116 valence electrons. The molecule has 21 heavy (non-hydrogen) atoms. The van der Waals surface area contributed by atoms with Crippen molar-refractivity contribution in [1.29, 1.82) is 0 Å². The van der Waals surface area contributed by atoms with Crippen LogP contribution >= 0.6 is 11.6 Å². The van der Waals surface area contributed by atoms with E-state index in [0.29, 0.717) is 21.9 Å². The molecule has 2 aliphatic rings. The molecule has 0 amide bonds. The Balaban J connectivity index is 1.80. The van der Waals surface area contributed by atoms with Gasteiger partial charge in [-0.1, -0.05) is 39.3 Å². The SMILES string of the molecule is CC1(C)CC(Nc2cc3c(cc2Cl)OCO3)CC(C)(C)C1. The average molecular weight is 310 g/mol. The molecule has 0 saturated heterocycles. The van der Waals surface area contributed by atoms with Crippen LogP contribution < -0.4 is 14.8 Å². The van der Waals surface area contributed by atoms with Gasteiger partial charge in [0.05, 0.1) is 10.7 Å². The van der Waals surface area contributed by atoms with Crippen molar-refractivity contribution >= 4 is 17.3 Å². The van der Waals surface area contributed by atoms with Gasteiger partial charge in [0.1, 0.15) is 0 Å². The van der Waals surface area contributed by atoms with Crippen molar-refractivity contribution in [3.05, 3.63) is 17.2 Å². The molecule has 3 nitrogen and oxygen atoms in total. The van der Waals surface area contributed by atoms with Crippen LogP contribution in [0.3, 0.4) is 0 Å². The van der Waals surface area contributed by atoms with Gasteiger partial charge in [-0.05, 0) is 30.1 Å². The van der Waals surface area contributed by atoms with Gasteiger partial charge in [-0.3, -0.25) is 0 Å². The van der Waals surface area contributed by atoms with Crippen molar-refractivity contribution in [2.24, 2.45) is 10.8 Å². The smallest absolute Gasteiger partial charge is 0.231 e. The Morgan fingerprint density at radius 1 is 1.05 bits per heavy atom. The van der Waals surface area contributed by atoms with Gasteiger partial charge in [0.2, 0.25) is 6.79 Å². The van der Waals surface area contributed by atoms with Gasteiger partial charge in [-0.15, -0.1) is 0 Å². The van der Waals surface area contributed by atoms with Crippen LogP contribution in [0.1, 0.15) is 47.0 Å². The molecule has 0 aromatic heterocycles. The molecule has 0 atom stereocenters. The quantitative estimate of drug-likeness (QED) is 0.826. The predicted octanol–water partition coefficient (Wildman–Crippen LogP) is 5.09. The Labute approximate surface area is 132 Å². The lowest BCUT2D eigenvalue weighted by molar-refractivity contribution is 0.105. The van der Waals surface area contributed by atoms with Crippen LogP contribution in [0.5, 0.6) is 11.5 Å². The summed E-state index contributed by atoms with van der Waals surface area (Å²) in [4.78, 5) is 0. The van der Waals surface area contributed by atoms with Crippen molar-refractivity contribution in [3.8, 4) is 11.5 Å². The second-order valence-electron chi connectivity index (χ2n) is 7.94. The van der Waals surface area contributed by atoms with Crippen LogP contribution in [0.25, 0.3) is 0 Å². The normalized spacial score (nSPS) is 23.1. The van der Waals surface area contributed by atoms with E-state index in [-0.39, 0.29) is 6.79 Å². The third-order valence-corrected chi connectivity index (χ3v) is 4.69. The van der Waals surface area contributed by atoms with Crippen LogP contribution in [0.2, 0.25) is 5.02 Å². The Morgan fingerprint density at radius 3 is 2.24 bits per heavy atom. The lowest BCUT2D eigenvalue weighted by Crippen LogP contribution is -2.40. The number of fused-ring (bicyclic) bond motifs is 1. The summed E-state index contributed by atoms with van der Waals surface area (Å²) < 4.78 is 10.8. The standard InChI is InChI=1S/C17H24ClNO2/c1-16(2)7-11(8-17(3,4)9-16)19-13-6-15-14(5-12(13)18)20-10-21-15/h5-6,11,19H,7-10H2,1-4H3. The van der Waals surface area contributed by atoms with E-state index in [9.17, 15) is 0 Å². The van der Waals surface area contributed by atoms with E-state index >= 15 is 0 Å². The Morgan fingerprint density at radius 2 is 1.62 bits per heavy atom. The van der Waals surface area contributed by atoms with Gasteiger partial charge >= 0.3 is 0 Å².